The summed E-state index contributed by atoms with van der Waals surface area (Å²) in [7, 11) is 0. The molecule has 7 heteroatoms. The summed E-state index contributed by atoms with van der Waals surface area (Å²) in [5.41, 5.74) is 0.631. The molecule has 1 aliphatic rings. The number of aromatic amines is 1. The third kappa shape index (κ3) is 1.50. The van der Waals surface area contributed by atoms with Crippen LogP contribution in [0, 0.1) is 0 Å². The van der Waals surface area contributed by atoms with E-state index in [0.29, 0.717) is 24.4 Å². The van der Waals surface area contributed by atoms with Crippen LogP contribution < -0.4 is 4.90 Å². The Labute approximate surface area is 96.5 Å². The van der Waals surface area contributed by atoms with E-state index in [1.807, 2.05) is 4.90 Å². The standard InChI is InChI=1S/C10H11N5O2/c16-10(17)7-2-1-3-15(7)9-6-4-13-14-8(6)11-5-12-9/h4-5,7H,1-3H2,(H,16,17)(H,11,12,13,14). The van der Waals surface area contributed by atoms with Crippen LogP contribution in [0.3, 0.4) is 0 Å². The van der Waals surface area contributed by atoms with Crippen molar-refractivity contribution in [2.24, 2.45) is 0 Å². The number of hydrogen-bond acceptors (Lipinski definition) is 5. The minimum atomic E-state index is -0.808. The Hall–Kier alpha value is -2.18. The number of carbonyl (C=O) groups is 1. The molecule has 1 saturated heterocycles. The fourth-order valence-electron chi connectivity index (χ4n) is 2.26. The first-order valence-electron chi connectivity index (χ1n) is 5.41. The van der Waals surface area contributed by atoms with Crippen LogP contribution in [0.4, 0.5) is 5.82 Å². The Kier molecular flexibility index (Phi) is 2.17. The van der Waals surface area contributed by atoms with Gasteiger partial charge in [-0.3, -0.25) is 5.10 Å². The van der Waals surface area contributed by atoms with Gasteiger partial charge in [0, 0.05) is 6.54 Å². The minimum absolute atomic E-state index is 0.497. The van der Waals surface area contributed by atoms with Gasteiger partial charge in [-0.2, -0.15) is 5.10 Å². The minimum Gasteiger partial charge on any atom is -0.480 e. The summed E-state index contributed by atoms with van der Waals surface area (Å²) < 4.78 is 0. The van der Waals surface area contributed by atoms with E-state index in [-0.39, 0.29) is 0 Å². The Balaban J connectivity index is 2.08. The summed E-state index contributed by atoms with van der Waals surface area (Å²) in [6.45, 7) is 0.703. The van der Waals surface area contributed by atoms with E-state index in [1.54, 1.807) is 6.20 Å². The topological polar surface area (TPSA) is 95.0 Å². The van der Waals surface area contributed by atoms with Crippen molar-refractivity contribution >= 4 is 22.8 Å². The van der Waals surface area contributed by atoms with Crippen molar-refractivity contribution in [1.29, 1.82) is 0 Å². The predicted octanol–water partition coefficient (Wildman–Crippen LogP) is 0.406. The Morgan fingerprint density at radius 3 is 3.24 bits per heavy atom. The van der Waals surface area contributed by atoms with Gasteiger partial charge >= 0.3 is 5.97 Å². The molecule has 7 nitrogen and oxygen atoms in total. The van der Waals surface area contributed by atoms with Gasteiger partial charge in [0.05, 0.1) is 11.6 Å². The average Bonchev–Trinajstić information content (AvgIpc) is 2.97. The molecule has 1 atom stereocenters. The van der Waals surface area contributed by atoms with Crippen molar-refractivity contribution in [2.45, 2.75) is 18.9 Å². The number of carboxylic acids is 1. The molecule has 0 radical (unpaired) electrons. The van der Waals surface area contributed by atoms with E-state index in [0.717, 1.165) is 11.8 Å². The van der Waals surface area contributed by atoms with Crippen molar-refractivity contribution in [3.05, 3.63) is 12.5 Å². The third-order valence-electron chi connectivity index (χ3n) is 3.04. The summed E-state index contributed by atoms with van der Waals surface area (Å²) in [6, 6.07) is -0.497. The van der Waals surface area contributed by atoms with Gasteiger partial charge in [-0.25, -0.2) is 14.8 Å². The van der Waals surface area contributed by atoms with Gasteiger partial charge < -0.3 is 10.0 Å². The van der Waals surface area contributed by atoms with Crippen LogP contribution in [0.2, 0.25) is 0 Å². The van der Waals surface area contributed by atoms with Crippen LogP contribution in [0.1, 0.15) is 12.8 Å². The van der Waals surface area contributed by atoms with E-state index < -0.39 is 12.0 Å². The molecule has 2 aromatic heterocycles. The molecule has 0 spiro atoms. The molecule has 0 bridgehead atoms. The number of nitrogens with zero attached hydrogens (tertiary/aromatic N) is 4. The first kappa shape index (κ1) is 10.0. The number of anilines is 1. The lowest BCUT2D eigenvalue weighted by molar-refractivity contribution is -0.138. The van der Waals surface area contributed by atoms with Gasteiger partial charge in [0.25, 0.3) is 0 Å². The molecular formula is C10H11N5O2. The molecular weight excluding hydrogens is 222 g/mol. The van der Waals surface area contributed by atoms with Crippen LogP contribution in [0.25, 0.3) is 11.0 Å². The molecule has 0 amide bonds. The number of aromatic nitrogens is 4. The molecule has 17 heavy (non-hydrogen) atoms. The number of fused-ring (bicyclic) bond motifs is 1. The zero-order valence-corrected chi connectivity index (χ0v) is 9.00. The predicted molar refractivity (Wildman–Crippen MR) is 59.7 cm³/mol. The smallest absolute Gasteiger partial charge is 0.326 e. The number of nitrogens with one attached hydrogen (secondary N) is 1. The first-order chi connectivity index (χ1) is 8.27. The molecule has 1 aliphatic heterocycles. The Morgan fingerprint density at radius 1 is 1.53 bits per heavy atom. The lowest BCUT2D eigenvalue weighted by atomic mass is 10.2. The number of aliphatic carboxylic acids is 1. The lowest BCUT2D eigenvalue weighted by Crippen LogP contribution is -2.36. The highest BCUT2D eigenvalue weighted by molar-refractivity contribution is 5.89. The van der Waals surface area contributed by atoms with Gasteiger partial charge in [-0.1, -0.05) is 0 Å². The van der Waals surface area contributed by atoms with E-state index in [9.17, 15) is 4.79 Å². The molecule has 1 unspecified atom stereocenters. The largest absolute Gasteiger partial charge is 0.480 e. The van der Waals surface area contributed by atoms with Gasteiger partial charge in [0.1, 0.15) is 18.2 Å². The maximum absolute atomic E-state index is 11.2. The van der Waals surface area contributed by atoms with Crippen molar-refractivity contribution in [3.63, 3.8) is 0 Å². The SMILES string of the molecule is O=C(O)C1CCCN1c1ncnc2[nH]ncc12. The highest BCUT2D eigenvalue weighted by Gasteiger charge is 2.32. The molecule has 0 aromatic carbocycles. The summed E-state index contributed by atoms with van der Waals surface area (Å²) in [5, 5.41) is 16.6. The van der Waals surface area contributed by atoms with Crippen LogP contribution in [-0.2, 0) is 4.79 Å². The third-order valence-corrected chi connectivity index (χ3v) is 3.04. The zero-order valence-electron chi connectivity index (χ0n) is 9.00. The quantitative estimate of drug-likeness (QED) is 0.779. The molecule has 3 heterocycles. The van der Waals surface area contributed by atoms with E-state index >= 15 is 0 Å². The van der Waals surface area contributed by atoms with Crippen LogP contribution >= 0.6 is 0 Å². The van der Waals surface area contributed by atoms with E-state index in [1.165, 1.54) is 6.33 Å². The number of H-pyrrole nitrogens is 1. The van der Waals surface area contributed by atoms with Crippen molar-refractivity contribution in [2.75, 3.05) is 11.4 Å². The van der Waals surface area contributed by atoms with Crippen LogP contribution in [0.15, 0.2) is 12.5 Å². The Morgan fingerprint density at radius 2 is 2.41 bits per heavy atom. The summed E-state index contributed by atoms with van der Waals surface area (Å²) in [4.78, 5) is 21.2. The maximum Gasteiger partial charge on any atom is 0.326 e. The molecule has 2 aromatic rings. The summed E-state index contributed by atoms with van der Waals surface area (Å²) in [6.07, 6.45) is 4.56. The molecule has 88 valence electrons. The number of hydrogen-bond donors (Lipinski definition) is 2. The van der Waals surface area contributed by atoms with Crippen LogP contribution in [0.5, 0.6) is 0 Å². The Bertz CT molecular complexity index is 567. The van der Waals surface area contributed by atoms with Crippen molar-refractivity contribution in [3.8, 4) is 0 Å². The van der Waals surface area contributed by atoms with E-state index in [4.69, 9.17) is 5.11 Å². The molecule has 0 saturated carbocycles. The summed E-state index contributed by atoms with van der Waals surface area (Å²) in [5.74, 6) is -0.161. The molecule has 2 N–H and O–H groups in total. The second-order valence-electron chi connectivity index (χ2n) is 4.02. The normalized spacial score (nSPS) is 20.0. The number of carboxylic acid groups (broad SMARTS) is 1. The van der Waals surface area contributed by atoms with Crippen molar-refractivity contribution < 1.29 is 9.90 Å². The fraction of sp³-hybridized carbons (Fsp3) is 0.400. The van der Waals surface area contributed by atoms with Crippen molar-refractivity contribution in [1.82, 2.24) is 20.2 Å². The first-order valence-corrected chi connectivity index (χ1v) is 5.41. The molecule has 0 aliphatic carbocycles. The highest BCUT2D eigenvalue weighted by atomic mass is 16.4. The van der Waals surface area contributed by atoms with Crippen LogP contribution in [-0.4, -0.2) is 43.8 Å². The maximum atomic E-state index is 11.2. The van der Waals surface area contributed by atoms with E-state index in [2.05, 4.69) is 20.2 Å². The van der Waals surface area contributed by atoms with Gasteiger partial charge in [-0.05, 0) is 12.8 Å². The monoisotopic (exact) mass is 233 g/mol. The fourth-order valence-corrected chi connectivity index (χ4v) is 2.26. The van der Waals surface area contributed by atoms with Gasteiger partial charge in [0.2, 0.25) is 0 Å². The second kappa shape index (κ2) is 3.69. The second-order valence-corrected chi connectivity index (χ2v) is 4.02. The highest BCUT2D eigenvalue weighted by Crippen LogP contribution is 2.28. The van der Waals surface area contributed by atoms with Gasteiger partial charge in [-0.15, -0.1) is 0 Å². The zero-order chi connectivity index (χ0) is 11.8. The summed E-state index contributed by atoms with van der Waals surface area (Å²) >= 11 is 0. The lowest BCUT2D eigenvalue weighted by Gasteiger charge is -2.22. The number of rotatable bonds is 2. The molecule has 1 fully saturated rings. The molecule has 3 rings (SSSR count). The van der Waals surface area contributed by atoms with Gasteiger partial charge in [0.15, 0.2) is 5.65 Å². The average molecular weight is 233 g/mol.